The van der Waals surface area contributed by atoms with Crippen molar-refractivity contribution in [2.45, 2.75) is 30.6 Å². The molecule has 1 saturated carbocycles. The van der Waals surface area contributed by atoms with Crippen molar-refractivity contribution < 1.29 is 9.53 Å². The number of tetrazole rings is 1. The van der Waals surface area contributed by atoms with Gasteiger partial charge in [0.15, 0.2) is 0 Å². The van der Waals surface area contributed by atoms with E-state index in [2.05, 4.69) is 15.5 Å². The van der Waals surface area contributed by atoms with Gasteiger partial charge in [-0.05, 0) is 41.0 Å². The fraction of sp³-hybridized carbons (Fsp3) is 0.467. The third kappa shape index (κ3) is 4.01. The van der Waals surface area contributed by atoms with Gasteiger partial charge in [0, 0.05) is 19.6 Å². The van der Waals surface area contributed by atoms with Gasteiger partial charge < -0.3 is 9.64 Å². The van der Waals surface area contributed by atoms with Crippen molar-refractivity contribution in [2.75, 3.05) is 12.9 Å². The number of amides is 1. The third-order valence-electron chi connectivity index (χ3n) is 3.73. The van der Waals surface area contributed by atoms with Gasteiger partial charge in [0.25, 0.3) is 0 Å². The number of carbonyl (C=O) groups excluding carboxylic acids is 1. The third-order valence-corrected chi connectivity index (χ3v) is 4.72. The van der Waals surface area contributed by atoms with Crippen LogP contribution in [0.5, 0.6) is 5.75 Å². The predicted molar refractivity (Wildman–Crippen MR) is 86.1 cm³/mol. The van der Waals surface area contributed by atoms with Crippen LogP contribution < -0.4 is 4.74 Å². The standard InChI is InChI=1S/C15H19N5O2S/c1-19-15(16-17-18-19)23-10-14(21)20(12-5-6-12)9-11-3-7-13(22-2)8-4-11/h3-4,7-8,12H,5-6,9-10H2,1-2H3. The molecule has 3 rings (SSSR count). The molecule has 2 aromatic rings. The quantitative estimate of drug-likeness (QED) is 0.715. The molecule has 1 aromatic carbocycles. The summed E-state index contributed by atoms with van der Waals surface area (Å²) >= 11 is 1.37. The Labute approximate surface area is 139 Å². The molecule has 1 aromatic heterocycles. The van der Waals surface area contributed by atoms with E-state index in [-0.39, 0.29) is 5.91 Å². The molecule has 0 saturated heterocycles. The summed E-state index contributed by atoms with van der Waals surface area (Å²) in [7, 11) is 3.41. The van der Waals surface area contributed by atoms with Gasteiger partial charge in [0.2, 0.25) is 11.1 Å². The first-order valence-corrected chi connectivity index (χ1v) is 8.43. The zero-order valence-electron chi connectivity index (χ0n) is 13.2. The van der Waals surface area contributed by atoms with Crippen LogP contribution >= 0.6 is 11.8 Å². The summed E-state index contributed by atoms with van der Waals surface area (Å²) in [5.41, 5.74) is 1.11. The lowest BCUT2D eigenvalue weighted by Crippen LogP contribution is -2.34. The summed E-state index contributed by atoms with van der Waals surface area (Å²) in [5.74, 6) is 1.29. The van der Waals surface area contributed by atoms with Gasteiger partial charge >= 0.3 is 0 Å². The summed E-state index contributed by atoms with van der Waals surface area (Å²) in [6.07, 6.45) is 2.16. The van der Waals surface area contributed by atoms with E-state index < -0.39 is 0 Å². The number of methoxy groups -OCH3 is 1. The Hall–Kier alpha value is -2.09. The molecule has 1 heterocycles. The molecule has 1 amide bonds. The number of nitrogens with zero attached hydrogens (tertiary/aromatic N) is 5. The molecule has 122 valence electrons. The smallest absolute Gasteiger partial charge is 0.233 e. The molecule has 0 N–H and O–H groups in total. The van der Waals surface area contributed by atoms with E-state index in [1.807, 2.05) is 29.2 Å². The van der Waals surface area contributed by atoms with Crippen LogP contribution in [0.3, 0.4) is 0 Å². The summed E-state index contributed by atoms with van der Waals surface area (Å²) in [6, 6.07) is 8.21. The molecule has 1 aliphatic rings. The molecular formula is C15H19N5O2S. The van der Waals surface area contributed by atoms with Crippen molar-refractivity contribution >= 4 is 17.7 Å². The van der Waals surface area contributed by atoms with Crippen molar-refractivity contribution in [1.29, 1.82) is 0 Å². The molecule has 0 spiro atoms. The van der Waals surface area contributed by atoms with Crippen molar-refractivity contribution in [3.63, 3.8) is 0 Å². The summed E-state index contributed by atoms with van der Waals surface area (Å²) in [4.78, 5) is 14.5. The van der Waals surface area contributed by atoms with Crippen molar-refractivity contribution in [2.24, 2.45) is 7.05 Å². The number of benzene rings is 1. The van der Waals surface area contributed by atoms with Crippen LogP contribution in [-0.4, -0.2) is 49.9 Å². The van der Waals surface area contributed by atoms with E-state index in [0.717, 1.165) is 24.2 Å². The molecule has 0 radical (unpaired) electrons. The van der Waals surface area contributed by atoms with E-state index in [4.69, 9.17) is 4.74 Å². The summed E-state index contributed by atoms with van der Waals surface area (Å²) in [6.45, 7) is 0.630. The Morgan fingerprint density at radius 2 is 2.13 bits per heavy atom. The normalized spacial score (nSPS) is 13.8. The van der Waals surface area contributed by atoms with Gasteiger partial charge in [0.1, 0.15) is 5.75 Å². The van der Waals surface area contributed by atoms with Crippen LogP contribution in [0.2, 0.25) is 0 Å². The number of hydrogen-bond donors (Lipinski definition) is 0. The second-order valence-corrected chi connectivity index (χ2v) is 6.42. The highest BCUT2D eigenvalue weighted by atomic mass is 32.2. The Balaban J connectivity index is 1.61. The minimum Gasteiger partial charge on any atom is -0.497 e. The van der Waals surface area contributed by atoms with Crippen LogP contribution in [0.15, 0.2) is 29.4 Å². The van der Waals surface area contributed by atoms with Crippen LogP contribution in [0.1, 0.15) is 18.4 Å². The van der Waals surface area contributed by atoms with E-state index in [1.165, 1.54) is 11.8 Å². The summed E-state index contributed by atoms with van der Waals surface area (Å²) in [5, 5.41) is 11.9. The largest absolute Gasteiger partial charge is 0.497 e. The van der Waals surface area contributed by atoms with Gasteiger partial charge in [0.05, 0.1) is 12.9 Å². The van der Waals surface area contributed by atoms with Crippen LogP contribution in [0.25, 0.3) is 0 Å². The second-order valence-electron chi connectivity index (χ2n) is 5.47. The van der Waals surface area contributed by atoms with Gasteiger partial charge in [-0.3, -0.25) is 4.79 Å². The zero-order chi connectivity index (χ0) is 16.2. The Bertz CT molecular complexity index is 669. The van der Waals surface area contributed by atoms with Gasteiger partial charge in [-0.25, -0.2) is 4.68 Å². The SMILES string of the molecule is COc1ccc(CN(C(=O)CSc2nnnn2C)C2CC2)cc1. The number of aryl methyl sites for hydroxylation is 1. The maximum Gasteiger partial charge on any atom is 0.233 e. The highest BCUT2D eigenvalue weighted by Crippen LogP contribution is 2.29. The molecule has 23 heavy (non-hydrogen) atoms. The fourth-order valence-electron chi connectivity index (χ4n) is 2.29. The zero-order valence-corrected chi connectivity index (χ0v) is 14.0. The monoisotopic (exact) mass is 333 g/mol. The van der Waals surface area contributed by atoms with Gasteiger partial charge in [-0.1, -0.05) is 23.9 Å². The number of carbonyl (C=O) groups is 1. The van der Waals surface area contributed by atoms with E-state index in [1.54, 1.807) is 18.8 Å². The highest BCUT2D eigenvalue weighted by molar-refractivity contribution is 7.99. The molecular weight excluding hydrogens is 314 g/mol. The van der Waals surface area contributed by atoms with Crippen molar-refractivity contribution in [3.05, 3.63) is 29.8 Å². The average molecular weight is 333 g/mol. The fourth-order valence-corrected chi connectivity index (χ4v) is 3.02. The molecule has 8 heteroatoms. The molecule has 0 bridgehead atoms. The van der Waals surface area contributed by atoms with Crippen molar-refractivity contribution in [3.8, 4) is 5.75 Å². The molecule has 0 unspecified atom stereocenters. The minimum absolute atomic E-state index is 0.122. The Morgan fingerprint density at radius 1 is 1.39 bits per heavy atom. The maximum absolute atomic E-state index is 12.6. The first-order chi connectivity index (χ1) is 11.2. The lowest BCUT2D eigenvalue weighted by molar-refractivity contribution is -0.129. The second kappa shape index (κ2) is 6.99. The molecule has 7 nitrogen and oxygen atoms in total. The molecule has 1 fully saturated rings. The topological polar surface area (TPSA) is 73.1 Å². The van der Waals surface area contributed by atoms with Gasteiger partial charge in [-0.2, -0.15) is 0 Å². The van der Waals surface area contributed by atoms with E-state index in [0.29, 0.717) is 23.5 Å². The Morgan fingerprint density at radius 3 is 2.70 bits per heavy atom. The first-order valence-electron chi connectivity index (χ1n) is 7.45. The average Bonchev–Trinajstić information content (AvgIpc) is 3.33. The van der Waals surface area contributed by atoms with Gasteiger partial charge in [-0.15, -0.1) is 5.10 Å². The minimum atomic E-state index is 0.122. The lowest BCUT2D eigenvalue weighted by atomic mass is 10.2. The predicted octanol–water partition coefficient (Wildman–Crippen LogP) is 1.50. The van der Waals surface area contributed by atoms with Crippen LogP contribution in [-0.2, 0) is 18.4 Å². The van der Waals surface area contributed by atoms with Crippen LogP contribution in [0, 0.1) is 0 Å². The Kier molecular flexibility index (Phi) is 4.80. The number of aromatic nitrogens is 4. The number of ether oxygens (including phenoxy) is 1. The lowest BCUT2D eigenvalue weighted by Gasteiger charge is -2.22. The number of hydrogen-bond acceptors (Lipinski definition) is 6. The number of rotatable bonds is 7. The molecule has 1 aliphatic carbocycles. The maximum atomic E-state index is 12.6. The van der Waals surface area contributed by atoms with Crippen LogP contribution in [0.4, 0.5) is 0 Å². The van der Waals surface area contributed by atoms with E-state index >= 15 is 0 Å². The highest BCUT2D eigenvalue weighted by Gasteiger charge is 2.32. The molecule has 0 atom stereocenters. The molecule has 0 aliphatic heterocycles. The van der Waals surface area contributed by atoms with Crippen molar-refractivity contribution in [1.82, 2.24) is 25.1 Å². The summed E-state index contributed by atoms with van der Waals surface area (Å²) < 4.78 is 6.74. The van der Waals surface area contributed by atoms with E-state index in [9.17, 15) is 4.79 Å². The first kappa shape index (κ1) is 15.8. The number of thioether (sulfide) groups is 1.